The van der Waals surface area contributed by atoms with E-state index < -0.39 is 19.7 Å². The van der Waals surface area contributed by atoms with Crippen LogP contribution in [0.1, 0.15) is 0 Å². The van der Waals surface area contributed by atoms with Crippen LogP contribution in [-0.4, -0.2) is 48.1 Å². The molecule has 2 N–H and O–H groups in total. The number of carbonyl (C=O) groups excluding carboxylic acids is 1. The molecule has 3 aromatic rings. The molecule has 13 heteroatoms. The van der Waals surface area contributed by atoms with E-state index in [1.54, 1.807) is 22.9 Å². The standard InChI is InChI=1S/C19H19N5O7S/c1-32(30,31)15-3-4-16(18(11-15)24(28)29)20-7-8-21-19(25)12-22-9-6-13-10-14(23(26)27)2-5-17(13)22/h2-6,9-11,20H,7-8,12H2,1H3,(H,21,25). The SMILES string of the molecule is CS(=O)(=O)c1ccc(NCCNC(=O)Cn2ccc3cc([N+](=O)[O-])ccc32)c([N+](=O)[O-])c1. The molecule has 0 radical (unpaired) electrons. The molecule has 0 aliphatic rings. The van der Waals surface area contributed by atoms with E-state index in [1.807, 2.05) is 0 Å². The second-order valence-electron chi connectivity index (χ2n) is 6.93. The summed E-state index contributed by atoms with van der Waals surface area (Å²) in [6, 6.07) is 9.60. The number of nitrogens with one attached hydrogen (secondary N) is 2. The van der Waals surface area contributed by atoms with Crippen molar-refractivity contribution < 1.29 is 23.1 Å². The zero-order chi connectivity index (χ0) is 23.5. The molecule has 0 spiro atoms. The summed E-state index contributed by atoms with van der Waals surface area (Å²) in [5.74, 6) is -0.315. The van der Waals surface area contributed by atoms with Gasteiger partial charge in [-0.05, 0) is 24.3 Å². The summed E-state index contributed by atoms with van der Waals surface area (Å²) >= 11 is 0. The first-order chi connectivity index (χ1) is 15.1. The van der Waals surface area contributed by atoms with E-state index in [9.17, 15) is 33.4 Å². The summed E-state index contributed by atoms with van der Waals surface area (Å²) in [4.78, 5) is 33.0. The van der Waals surface area contributed by atoms with Gasteiger partial charge in [-0.3, -0.25) is 25.0 Å². The topological polar surface area (TPSA) is 166 Å². The highest BCUT2D eigenvalue weighted by atomic mass is 32.2. The Morgan fingerprint density at radius 1 is 1.03 bits per heavy atom. The smallest absolute Gasteiger partial charge is 0.293 e. The number of nitrogens with zero attached hydrogens (tertiary/aromatic N) is 3. The van der Waals surface area contributed by atoms with Gasteiger partial charge in [0.15, 0.2) is 9.84 Å². The Labute approximate surface area is 182 Å². The molecule has 0 saturated heterocycles. The van der Waals surface area contributed by atoms with Crippen LogP contribution in [0, 0.1) is 20.2 Å². The highest BCUT2D eigenvalue weighted by Crippen LogP contribution is 2.27. The van der Waals surface area contributed by atoms with Gasteiger partial charge >= 0.3 is 0 Å². The lowest BCUT2D eigenvalue weighted by atomic mass is 10.2. The number of non-ortho nitro benzene ring substituents is 1. The lowest BCUT2D eigenvalue weighted by Gasteiger charge is -2.10. The minimum Gasteiger partial charge on any atom is -0.378 e. The first-order valence-corrected chi connectivity index (χ1v) is 11.2. The van der Waals surface area contributed by atoms with Crippen LogP contribution >= 0.6 is 0 Å². The maximum Gasteiger partial charge on any atom is 0.293 e. The minimum atomic E-state index is -3.58. The Hall–Kier alpha value is -4.00. The number of carbonyl (C=O) groups is 1. The number of benzene rings is 2. The molecule has 2 aromatic carbocycles. The van der Waals surface area contributed by atoms with Crippen molar-refractivity contribution in [2.24, 2.45) is 0 Å². The third kappa shape index (κ3) is 5.18. The highest BCUT2D eigenvalue weighted by Gasteiger charge is 2.18. The molecule has 0 fully saturated rings. The fourth-order valence-corrected chi connectivity index (χ4v) is 3.73. The van der Waals surface area contributed by atoms with Crippen LogP contribution in [0.4, 0.5) is 17.1 Å². The van der Waals surface area contributed by atoms with Crippen LogP contribution in [0.5, 0.6) is 0 Å². The summed E-state index contributed by atoms with van der Waals surface area (Å²) in [6.45, 7) is 0.322. The fraction of sp³-hybridized carbons (Fsp3) is 0.211. The molecule has 0 atom stereocenters. The van der Waals surface area contributed by atoms with Crippen LogP contribution in [0.25, 0.3) is 10.9 Å². The van der Waals surface area contributed by atoms with E-state index in [-0.39, 0.29) is 47.5 Å². The number of fused-ring (bicyclic) bond motifs is 1. The Balaban J connectivity index is 1.57. The van der Waals surface area contributed by atoms with Crippen molar-refractivity contribution in [2.45, 2.75) is 11.4 Å². The predicted octanol–water partition coefficient (Wildman–Crippen LogP) is 2.09. The monoisotopic (exact) mass is 461 g/mol. The van der Waals surface area contributed by atoms with Crippen molar-refractivity contribution in [1.29, 1.82) is 0 Å². The minimum absolute atomic E-state index is 0.00941. The van der Waals surface area contributed by atoms with Crippen LogP contribution in [0.15, 0.2) is 53.6 Å². The maximum absolute atomic E-state index is 12.2. The molecule has 168 valence electrons. The molecule has 0 unspecified atom stereocenters. The molecule has 1 aromatic heterocycles. The third-order valence-corrected chi connectivity index (χ3v) is 5.75. The van der Waals surface area contributed by atoms with E-state index in [2.05, 4.69) is 10.6 Å². The molecular weight excluding hydrogens is 442 g/mol. The van der Waals surface area contributed by atoms with Gasteiger partial charge < -0.3 is 15.2 Å². The van der Waals surface area contributed by atoms with Gasteiger partial charge in [-0.15, -0.1) is 0 Å². The summed E-state index contributed by atoms with van der Waals surface area (Å²) in [5.41, 5.74) is 0.386. The number of nitro groups is 2. The predicted molar refractivity (Wildman–Crippen MR) is 116 cm³/mol. The number of sulfone groups is 1. The molecule has 0 bridgehead atoms. The summed E-state index contributed by atoms with van der Waals surface area (Å²) in [6.07, 6.45) is 2.61. The Bertz CT molecular complexity index is 1320. The number of amides is 1. The van der Waals surface area contributed by atoms with Crippen molar-refractivity contribution in [3.8, 4) is 0 Å². The molecule has 0 aliphatic heterocycles. The van der Waals surface area contributed by atoms with Crippen molar-refractivity contribution in [1.82, 2.24) is 9.88 Å². The van der Waals surface area contributed by atoms with Crippen molar-refractivity contribution in [2.75, 3.05) is 24.7 Å². The second-order valence-corrected chi connectivity index (χ2v) is 8.94. The van der Waals surface area contributed by atoms with Gasteiger partial charge in [0, 0.05) is 54.6 Å². The average molecular weight is 461 g/mol. The van der Waals surface area contributed by atoms with E-state index >= 15 is 0 Å². The number of hydrogen-bond donors (Lipinski definition) is 2. The quantitative estimate of drug-likeness (QED) is 0.277. The van der Waals surface area contributed by atoms with Gasteiger partial charge in [-0.2, -0.15) is 0 Å². The van der Waals surface area contributed by atoms with Crippen LogP contribution < -0.4 is 10.6 Å². The average Bonchev–Trinajstić information content (AvgIpc) is 3.12. The maximum atomic E-state index is 12.2. The molecule has 3 rings (SSSR count). The van der Waals surface area contributed by atoms with Gasteiger partial charge in [-0.1, -0.05) is 0 Å². The summed E-state index contributed by atoms with van der Waals surface area (Å²) in [5, 5.41) is 28.2. The lowest BCUT2D eigenvalue weighted by Crippen LogP contribution is -2.31. The van der Waals surface area contributed by atoms with Crippen molar-refractivity contribution in [3.63, 3.8) is 0 Å². The number of anilines is 1. The van der Waals surface area contributed by atoms with E-state index in [4.69, 9.17) is 0 Å². The van der Waals surface area contributed by atoms with Crippen LogP contribution in [0.3, 0.4) is 0 Å². The van der Waals surface area contributed by atoms with Crippen LogP contribution in [-0.2, 0) is 21.2 Å². The Morgan fingerprint density at radius 3 is 2.44 bits per heavy atom. The van der Waals surface area contributed by atoms with E-state index in [0.717, 1.165) is 12.3 Å². The highest BCUT2D eigenvalue weighted by molar-refractivity contribution is 7.90. The van der Waals surface area contributed by atoms with Crippen molar-refractivity contribution >= 4 is 43.7 Å². The number of nitro benzene ring substituents is 2. The summed E-state index contributed by atoms with van der Waals surface area (Å²) in [7, 11) is -3.58. The molecule has 0 saturated carbocycles. The largest absolute Gasteiger partial charge is 0.378 e. The van der Waals surface area contributed by atoms with E-state index in [1.165, 1.54) is 24.3 Å². The third-order valence-electron chi connectivity index (χ3n) is 4.64. The molecule has 32 heavy (non-hydrogen) atoms. The Morgan fingerprint density at radius 2 is 1.78 bits per heavy atom. The number of aromatic nitrogens is 1. The van der Waals surface area contributed by atoms with Gasteiger partial charge in [0.05, 0.1) is 14.7 Å². The lowest BCUT2D eigenvalue weighted by molar-refractivity contribution is -0.384. The van der Waals surface area contributed by atoms with E-state index in [0.29, 0.717) is 10.9 Å². The number of rotatable bonds is 9. The molecular formula is C19H19N5O7S. The van der Waals surface area contributed by atoms with Crippen LogP contribution in [0.2, 0.25) is 0 Å². The normalized spacial score (nSPS) is 11.3. The molecule has 1 amide bonds. The zero-order valence-corrected chi connectivity index (χ0v) is 17.7. The second kappa shape index (κ2) is 9.01. The van der Waals surface area contributed by atoms with Gasteiger partial charge in [0.25, 0.3) is 11.4 Å². The van der Waals surface area contributed by atoms with Gasteiger partial charge in [0.2, 0.25) is 5.91 Å². The van der Waals surface area contributed by atoms with Gasteiger partial charge in [-0.25, -0.2) is 8.42 Å². The van der Waals surface area contributed by atoms with Gasteiger partial charge in [0.1, 0.15) is 12.2 Å². The number of hydrogen-bond acceptors (Lipinski definition) is 8. The first-order valence-electron chi connectivity index (χ1n) is 9.28. The zero-order valence-electron chi connectivity index (χ0n) is 16.8. The fourth-order valence-electron chi connectivity index (χ4n) is 3.09. The molecule has 12 nitrogen and oxygen atoms in total. The first kappa shape index (κ1) is 22.7. The molecule has 1 heterocycles. The molecule has 0 aliphatic carbocycles. The van der Waals surface area contributed by atoms with Crippen molar-refractivity contribution in [3.05, 3.63) is 68.9 Å². The Kier molecular flexibility index (Phi) is 6.39. The summed E-state index contributed by atoms with van der Waals surface area (Å²) < 4.78 is 24.8.